The Morgan fingerprint density at radius 3 is 2.59 bits per heavy atom. The molecule has 194 valence electrons. The van der Waals surface area contributed by atoms with E-state index in [0.29, 0.717) is 47.2 Å². The number of rotatable bonds is 7. The van der Waals surface area contributed by atoms with E-state index in [-0.39, 0.29) is 11.8 Å². The van der Waals surface area contributed by atoms with Crippen LogP contribution >= 0.6 is 11.6 Å². The van der Waals surface area contributed by atoms with Gasteiger partial charge in [-0.2, -0.15) is 0 Å². The number of halogens is 1. The summed E-state index contributed by atoms with van der Waals surface area (Å²) in [5.41, 5.74) is 2.82. The molecule has 0 radical (unpaired) electrons. The molecule has 6 rings (SSSR count). The minimum atomic E-state index is -0.822. The fourth-order valence-electron chi connectivity index (χ4n) is 5.50. The van der Waals surface area contributed by atoms with Crippen LogP contribution in [0.4, 0.5) is 10.5 Å². The van der Waals surface area contributed by atoms with E-state index in [0.717, 1.165) is 24.0 Å². The van der Waals surface area contributed by atoms with Crippen LogP contribution in [0.15, 0.2) is 53.1 Å². The van der Waals surface area contributed by atoms with Gasteiger partial charge in [0.25, 0.3) is 0 Å². The lowest BCUT2D eigenvalue weighted by Crippen LogP contribution is -2.54. The van der Waals surface area contributed by atoms with E-state index in [1.165, 1.54) is 0 Å². The molecule has 8 nitrogen and oxygen atoms in total. The van der Waals surface area contributed by atoms with E-state index in [2.05, 4.69) is 16.5 Å². The molecule has 2 aromatic carbocycles. The van der Waals surface area contributed by atoms with Gasteiger partial charge >= 0.3 is 12.1 Å². The third kappa shape index (κ3) is 4.95. The summed E-state index contributed by atoms with van der Waals surface area (Å²) < 4.78 is 17.3. The summed E-state index contributed by atoms with van der Waals surface area (Å²) in [6.07, 6.45) is 2.00. The van der Waals surface area contributed by atoms with Crippen LogP contribution in [0.2, 0.25) is 5.02 Å². The number of aliphatic carboxylic acids is 1. The Labute approximate surface area is 219 Å². The van der Waals surface area contributed by atoms with Crippen LogP contribution < -0.4 is 5.32 Å². The number of amides is 1. The van der Waals surface area contributed by atoms with Crippen molar-refractivity contribution in [1.82, 2.24) is 5.16 Å². The molecule has 9 heteroatoms. The number of anilines is 1. The smallest absolute Gasteiger partial charge is 0.412 e. The Morgan fingerprint density at radius 2 is 1.92 bits per heavy atom. The number of carboxylic acid groups (broad SMARTS) is 1. The van der Waals surface area contributed by atoms with Gasteiger partial charge in [-0.15, -0.1) is 0 Å². The number of carbonyl (C=O) groups is 2. The van der Waals surface area contributed by atoms with Gasteiger partial charge in [-0.3, -0.25) is 10.1 Å². The maximum absolute atomic E-state index is 12.8. The Bertz CT molecular complexity index is 1310. The molecule has 2 bridgehead atoms. The van der Waals surface area contributed by atoms with Gasteiger partial charge < -0.3 is 19.1 Å². The number of nitrogens with one attached hydrogen (secondary N) is 1. The highest BCUT2D eigenvalue weighted by Gasteiger charge is 2.51. The van der Waals surface area contributed by atoms with Crippen molar-refractivity contribution in [2.24, 2.45) is 0 Å². The summed E-state index contributed by atoms with van der Waals surface area (Å²) in [4.78, 5) is 24.1. The highest BCUT2D eigenvalue weighted by Crippen LogP contribution is 2.52. The third-order valence-electron chi connectivity index (χ3n) is 7.70. The van der Waals surface area contributed by atoms with Crippen molar-refractivity contribution < 1.29 is 28.7 Å². The number of carbonyl (C=O) groups excluding carboxylic acids is 1. The number of aryl methyl sites for hydroxylation is 1. The zero-order chi connectivity index (χ0) is 26.2. The second-order valence-electron chi connectivity index (χ2n) is 10.1. The lowest BCUT2D eigenvalue weighted by molar-refractivity contribution is -0.174. The molecular weight excluding hydrogens is 496 g/mol. The maximum atomic E-state index is 12.8. The van der Waals surface area contributed by atoms with E-state index < -0.39 is 23.8 Å². The molecule has 1 atom stereocenters. The Kier molecular flexibility index (Phi) is 6.72. The van der Waals surface area contributed by atoms with Crippen LogP contribution in [0, 0.1) is 6.92 Å². The fraction of sp³-hybridized carbons (Fsp3) is 0.393. The van der Waals surface area contributed by atoms with Crippen molar-refractivity contribution in [3.05, 3.63) is 70.4 Å². The molecular formula is C28H29ClN2O6. The van der Waals surface area contributed by atoms with Crippen LogP contribution in [0.5, 0.6) is 0 Å². The van der Waals surface area contributed by atoms with E-state index in [4.69, 9.17) is 25.6 Å². The molecule has 1 aliphatic carbocycles. The molecule has 3 aromatic rings. The average molecular weight is 525 g/mol. The first-order chi connectivity index (χ1) is 17.7. The summed E-state index contributed by atoms with van der Waals surface area (Å²) in [5, 5.41) is 16.7. The molecule has 1 aromatic heterocycles. The predicted octanol–water partition coefficient (Wildman–Crippen LogP) is 6.67. The van der Waals surface area contributed by atoms with Gasteiger partial charge in [0.2, 0.25) is 0 Å². The molecule has 1 saturated carbocycles. The van der Waals surface area contributed by atoms with E-state index >= 15 is 0 Å². The van der Waals surface area contributed by atoms with Crippen molar-refractivity contribution >= 4 is 29.4 Å². The predicted molar refractivity (Wildman–Crippen MR) is 138 cm³/mol. The lowest BCUT2D eigenvalue weighted by Gasteiger charge is -2.53. The molecule has 2 saturated heterocycles. The van der Waals surface area contributed by atoms with Crippen molar-refractivity contribution in [3.8, 4) is 11.3 Å². The van der Waals surface area contributed by atoms with Crippen LogP contribution in [0.3, 0.4) is 0 Å². The fourth-order valence-corrected chi connectivity index (χ4v) is 5.79. The summed E-state index contributed by atoms with van der Waals surface area (Å²) >= 11 is 6.24. The normalized spacial score (nSPS) is 23.4. The summed E-state index contributed by atoms with van der Waals surface area (Å²) in [6, 6.07) is 15.2. The number of ether oxygens (including phenoxy) is 2. The van der Waals surface area contributed by atoms with Gasteiger partial charge in [0.1, 0.15) is 17.5 Å². The van der Waals surface area contributed by atoms with Crippen molar-refractivity contribution in [2.75, 3.05) is 11.9 Å². The minimum absolute atomic E-state index is 0.0423. The number of benzene rings is 2. The monoisotopic (exact) mass is 524 g/mol. The second kappa shape index (κ2) is 9.84. The third-order valence-corrected chi connectivity index (χ3v) is 8.04. The first-order valence-electron chi connectivity index (χ1n) is 12.4. The number of nitrogens with zero attached hydrogens (tertiary/aromatic N) is 1. The van der Waals surface area contributed by atoms with E-state index in [9.17, 15) is 14.7 Å². The maximum Gasteiger partial charge on any atom is 0.412 e. The van der Waals surface area contributed by atoms with Crippen molar-refractivity contribution in [3.63, 3.8) is 0 Å². The number of carboxylic acids is 1. The van der Waals surface area contributed by atoms with Gasteiger partial charge in [-0.1, -0.05) is 53.2 Å². The standard InChI is InChI=1S/C28H29ClN2O6/c1-17-24(30-26(34)36-18(2)21-8-3-4-9-22(21)29)25(37-31-17)19-6-5-7-20(14-19)27-10-12-28(13-11-27,35-16-27)15-23(32)33/h3-9,14,18H,10-13,15-16H2,1-2H3,(H,30,34)(H,32,33). The minimum Gasteiger partial charge on any atom is -0.481 e. The number of fused-ring (bicyclic) bond motifs is 3. The Morgan fingerprint density at radius 1 is 1.16 bits per heavy atom. The second-order valence-corrected chi connectivity index (χ2v) is 10.5. The molecule has 2 N–H and O–H groups in total. The van der Waals surface area contributed by atoms with Crippen LogP contribution in [-0.4, -0.2) is 34.5 Å². The molecule has 37 heavy (non-hydrogen) atoms. The molecule has 3 aliphatic rings. The zero-order valence-corrected chi connectivity index (χ0v) is 21.5. The summed E-state index contributed by atoms with van der Waals surface area (Å²) in [5.74, 6) is -0.386. The van der Waals surface area contributed by atoms with Crippen LogP contribution in [0.1, 0.15) is 62.0 Å². The van der Waals surface area contributed by atoms with Gasteiger partial charge in [0.05, 0.1) is 18.6 Å². The molecule has 2 aliphatic heterocycles. The topological polar surface area (TPSA) is 111 Å². The molecule has 1 amide bonds. The summed E-state index contributed by atoms with van der Waals surface area (Å²) in [6.45, 7) is 3.99. The van der Waals surface area contributed by atoms with Crippen LogP contribution in [0.25, 0.3) is 11.3 Å². The first-order valence-corrected chi connectivity index (χ1v) is 12.7. The molecule has 3 fully saturated rings. The van der Waals surface area contributed by atoms with Gasteiger partial charge in [0, 0.05) is 21.6 Å². The Balaban J connectivity index is 1.34. The van der Waals surface area contributed by atoms with Crippen molar-refractivity contribution in [2.45, 2.75) is 63.1 Å². The van der Waals surface area contributed by atoms with Gasteiger partial charge in [-0.05, 0) is 57.2 Å². The quantitative estimate of drug-likeness (QED) is 0.355. The molecule has 0 spiro atoms. The van der Waals surface area contributed by atoms with Gasteiger partial charge in [0.15, 0.2) is 5.76 Å². The lowest BCUT2D eigenvalue weighted by atomic mass is 9.62. The van der Waals surface area contributed by atoms with Crippen molar-refractivity contribution in [1.29, 1.82) is 0 Å². The average Bonchev–Trinajstić information content (AvgIpc) is 3.24. The van der Waals surface area contributed by atoms with Gasteiger partial charge in [-0.25, -0.2) is 4.79 Å². The first kappa shape index (κ1) is 25.3. The molecule has 3 heterocycles. The SMILES string of the molecule is Cc1noc(-c2cccc(C34CCC(CC(=O)O)(CC3)OC4)c2)c1NC(=O)OC(C)c1ccccc1Cl. The zero-order valence-electron chi connectivity index (χ0n) is 20.8. The number of aromatic nitrogens is 1. The Hall–Kier alpha value is -3.36. The van der Waals surface area contributed by atoms with E-state index in [1.54, 1.807) is 19.9 Å². The number of hydrogen-bond acceptors (Lipinski definition) is 6. The van der Waals surface area contributed by atoms with E-state index in [1.807, 2.05) is 36.4 Å². The van der Waals surface area contributed by atoms with Crippen LogP contribution in [-0.2, 0) is 19.7 Å². The summed E-state index contributed by atoms with van der Waals surface area (Å²) in [7, 11) is 0. The largest absolute Gasteiger partial charge is 0.481 e. The number of hydrogen-bond donors (Lipinski definition) is 2. The highest BCUT2D eigenvalue weighted by atomic mass is 35.5. The highest BCUT2D eigenvalue weighted by molar-refractivity contribution is 6.31. The molecule has 1 unspecified atom stereocenters.